The fourth-order valence-electron chi connectivity index (χ4n) is 5.22. The van der Waals surface area contributed by atoms with Crippen molar-refractivity contribution < 1.29 is 8.42 Å². The number of rotatable bonds is 4. The van der Waals surface area contributed by atoms with E-state index in [0.717, 1.165) is 61.2 Å². The molecule has 0 unspecified atom stereocenters. The molecule has 0 saturated heterocycles. The number of pyridine rings is 1. The van der Waals surface area contributed by atoms with Gasteiger partial charge in [0, 0.05) is 24.8 Å². The highest BCUT2D eigenvalue weighted by Gasteiger charge is 2.48. The molecule has 4 N–H and O–H groups in total. The zero-order chi connectivity index (χ0) is 23.5. The standard InChI is InChI=1S/C22H27N9O2S/c1-24-20-22(9-3-2-4-10-22)30-18(31(29-20)15-5-6-15)11-14-12-26-21(28-19(14)30)27-17-8-7-16(13-25-17)34(23,32)33/h7-8,11-13,15H,2-6,9-10H2,1H3,(H,24,29)(H2,23,32,33)(H,25,26,27,28). The lowest BCUT2D eigenvalue weighted by Crippen LogP contribution is -2.61. The molecule has 0 bridgehead atoms. The van der Waals surface area contributed by atoms with Crippen LogP contribution in [0.25, 0.3) is 11.0 Å². The van der Waals surface area contributed by atoms with Crippen LogP contribution in [0.15, 0.2) is 40.5 Å². The van der Waals surface area contributed by atoms with Crippen LogP contribution in [0.5, 0.6) is 0 Å². The summed E-state index contributed by atoms with van der Waals surface area (Å²) < 4.78 is 25.4. The van der Waals surface area contributed by atoms with Crippen LogP contribution in [-0.2, 0) is 15.6 Å². The Balaban J connectivity index is 1.45. The first-order valence-electron chi connectivity index (χ1n) is 11.6. The second kappa shape index (κ2) is 7.64. The maximum Gasteiger partial charge on any atom is 0.239 e. The Bertz CT molecular complexity index is 1390. The Morgan fingerprint density at radius 2 is 1.97 bits per heavy atom. The van der Waals surface area contributed by atoms with E-state index in [1.165, 1.54) is 18.7 Å². The van der Waals surface area contributed by atoms with Crippen molar-refractivity contribution in [2.45, 2.75) is 61.4 Å². The third-order valence-electron chi connectivity index (χ3n) is 6.98. The van der Waals surface area contributed by atoms with Crippen molar-refractivity contribution in [3.05, 3.63) is 30.6 Å². The van der Waals surface area contributed by atoms with E-state index in [4.69, 9.17) is 15.1 Å². The molecule has 3 aliphatic rings. The van der Waals surface area contributed by atoms with Gasteiger partial charge in [-0.2, -0.15) is 4.98 Å². The molecule has 3 aromatic heterocycles. The Morgan fingerprint density at radius 1 is 1.18 bits per heavy atom. The van der Waals surface area contributed by atoms with Crippen molar-refractivity contribution in [2.75, 3.05) is 17.4 Å². The smallest absolute Gasteiger partial charge is 0.239 e. The molecule has 0 atom stereocenters. The summed E-state index contributed by atoms with van der Waals surface area (Å²) in [5.41, 5.74) is 4.24. The lowest BCUT2D eigenvalue weighted by Gasteiger charge is -2.48. The molecule has 12 heteroatoms. The maximum atomic E-state index is 11.5. The first kappa shape index (κ1) is 21.3. The van der Waals surface area contributed by atoms with Gasteiger partial charge in [-0.3, -0.25) is 20.0 Å². The number of primary sulfonamides is 1. The quantitative estimate of drug-likeness (QED) is 0.515. The van der Waals surface area contributed by atoms with Gasteiger partial charge in [0.1, 0.15) is 33.6 Å². The van der Waals surface area contributed by atoms with Gasteiger partial charge in [-0.1, -0.05) is 19.3 Å². The first-order valence-corrected chi connectivity index (χ1v) is 13.1. The number of nitrogens with one attached hydrogen (secondary N) is 2. The van der Waals surface area contributed by atoms with E-state index in [1.54, 1.807) is 6.07 Å². The lowest BCUT2D eigenvalue weighted by atomic mass is 9.79. The molecule has 6 rings (SSSR count). The largest absolute Gasteiger partial charge is 0.309 e. The van der Waals surface area contributed by atoms with Gasteiger partial charge in [-0.15, -0.1) is 0 Å². The van der Waals surface area contributed by atoms with Crippen LogP contribution < -0.4 is 20.9 Å². The fraction of sp³-hybridized carbons (Fsp3) is 0.455. The highest BCUT2D eigenvalue weighted by atomic mass is 32.2. The molecule has 1 spiro atoms. The van der Waals surface area contributed by atoms with Crippen LogP contribution in [-0.4, -0.2) is 46.9 Å². The Morgan fingerprint density at radius 3 is 2.62 bits per heavy atom. The van der Waals surface area contributed by atoms with Gasteiger partial charge < -0.3 is 5.32 Å². The summed E-state index contributed by atoms with van der Waals surface area (Å²) in [6.45, 7) is 0. The second-order valence-electron chi connectivity index (χ2n) is 9.24. The predicted molar refractivity (Wildman–Crippen MR) is 129 cm³/mol. The highest BCUT2D eigenvalue weighted by molar-refractivity contribution is 7.89. The third kappa shape index (κ3) is 3.40. The van der Waals surface area contributed by atoms with Gasteiger partial charge >= 0.3 is 0 Å². The molecule has 2 saturated carbocycles. The summed E-state index contributed by atoms with van der Waals surface area (Å²) in [4.78, 5) is 18.2. The Hall–Kier alpha value is -3.25. The summed E-state index contributed by atoms with van der Waals surface area (Å²) in [6, 6.07) is 5.56. The van der Waals surface area contributed by atoms with Gasteiger partial charge in [0.15, 0.2) is 0 Å². The average molecular weight is 482 g/mol. The van der Waals surface area contributed by atoms with Gasteiger partial charge in [0.05, 0.1) is 6.04 Å². The molecule has 0 aromatic carbocycles. The second-order valence-corrected chi connectivity index (χ2v) is 10.8. The molecule has 2 aliphatic carbocycles. The van der Waals surface area contributed by atoms with E-state index in [-0.39, 0.29) is 10.4 Å². The number of hydrogen-bond donors (Lipinski definition) is 3. The summed E-state index contributed by atoms with van der Waals surface area (Å²) in [5, 5.41) is 11.5. The summed E-state index contributed by atoms with van der Waals surface area (Å²) >= 11 is 0. The minimum absolute atomic E-state index is 0.0478. The van der Waals surface area contributed by atoms with Crippen LogP contribution in [0.1, 0.15) is 44.9 Å². The lowest BCUT2D eigenvalue weighted by molar-refractivity contribution is 0.269. The van der Waals surface area contributed by atoms with Crippen LogP contribution >= 0.6 is 0 Å². The fourth-order valence-corrected chi connectivity index (χ4v) is 5.68. The van der Waals surface area contributed by atoms with Gasteiger partial charge in [-0.05, 0) is 43.9 Å². The monoisotopic (exact) mass is 481 g/mol. The van der Waals surface area contributed by atoms with Crippen molar-refractivity contribution in [3.8, 4) is 0 Å². The molecule has 11 nitrogen and oxygen atoms in total. The number of aliphatic imine (C=N–C) groups is 1. The van der Waals surface area contributed by atoms with Gasteiger partial charge in [0.25, 0.3) is 0 Å². The molecule has 3 aromatic rings. The zero-order valence-corrected chi connectivity index (χ0v) is 19.7. The zero-order valence-electron chi connectivity index (χ0n) is 18.9. The number of nitrogens with two attached hydrogens (primary N) is 1. The number of hydrazine groups is 1. The number of nitrogens with zero attached hydrogens (tertiary/aromatic N) is 6. The Labute approximate surface area is 197 Å². The molecule has 4 heterocycles. The molecule has 178 valence electrons. The van der Waals surface area contributed by atoms with Crippen LogP contribution in [0, 0.1) is 0 Å². The molecule has 34 heavy (non-hydrogen) atoms. The molecule has 2 fully saturated rings. The van der Waals surface area contributed by atoms with Gasteiger partial charge in [-0.25, -0.2) is 23.5 Å². The van der Waals surface area contributed by atoms with Gasteiger partial charge in [0.2, 0.25) is 16.0 Å². The van der Waals surface area contributed by atoms with Crippen molar-refractivity contribution in [3.63, 3.8) is 0 Å². The van der Waals surface area contributed by atoms with Crippen LogP contribution in [0.4, 0.5) is 17.6 Å². The minimum atomic E-state index is -3.80. The van der Waals surface area contributed by atoms with E-state index in [2.05, 4.69) is 36.4 Å². The number of hydrogen-bond acceptors (Lipinski definition) is 8. The topological polar surface area (TPSA) is 143 Å². The minimum Gasteiger partial charge on any atom is -0.309 e. The van der Waals surface area contributed by atoms with E-state index in [1.807, 2.05) is 13.2 Å². The number of fused-ring (bicyclic) bond motifs is 4. The van der Waals surface area contributed by atoms with Crippen LogP contribution in [0.2, 0.25) is 0 Å². The third-order valence-corrected chi connectivity index (χ3v) is 7.88. The van der Waals surface area contributed by atoms with E-state index >= 15 is 0 Å². The average Bonchev–Trinajstić information content (AvgIpc) is 3.59. The van der Waals surface area contributed by atoms with Crippen molar-refractivity contribution in [1.29, 1.82) is 0 Å². The SMILES string of the molecule is CN=C1NN(C2CC2)c2cc3cnc(Nc4ccc(S(N)(=O)=O)cn4)nc3n2C12CCCCC2. The van der Waals surface area contributed by atoms with Crippen molar-refractivity contribution in [2.24, 2.45) is 10.1 Å². The number of anilines is 3. The normalized spacial score (nSPS) is 21.0. The molecule has 1 aliphatic heterocycles. The number of amidine groups is 1. The summed E-state index contributed by atoms with van der Waals surface area (Å²) in [7, 11) is -1.94. The predicted octanol–water partition coefficient (Wildman–Crippen LogP) is 2.39. The van der Waals surface area contributed by atoms with E-state index < -0.39 is 10.0 Å². The molecular formula is C22H27N9O2S. The van der Waals surface area contributed by atoms with Crippen LogP contribution in [0.3, 0.4) is 0 Å². The molecule has 0 radical (unpaired) electrons. The molecular weight excluding hydrogens is 454 g/mol. The van der Waals surface area contributed by atoms with Crippen molar-refractivity contribution in [1.82, 2.24) is 24.9 Å². The summed E-state index contributed by atoms with van der Waals surface area (Å²) in [6.07, 6.45) is 10.8. The van der Waals surface area contributed by atoms with E-state index in [0.29, 0.717) is 17.8 Å². The number of aromatic nitrogens is 4. The first-order chi connectivity index (χ1) is 16.4. The summed E-state index contributed by atoms with van der Waals surface area (Å²) in [5.74, 6) is 2.93. The highest BCUT2D eigenvalue weighted by Crippen LogP contribution is 2.46. The van der Waals surface area contributed by atoms with Crippen molar-refractivity contribution >= 4 is 44.5 Å². The Kier molecular flexibility index (Phi) is 4.78. The van der Waals surface area contributed by atoms with E-state index in [9.17, 15) is 8.42 Å². The molecule has 0 amide bonds. The number of sulfonamides is 1. The maximum absolute atomic E-state index is 11.5.